The van der Waals surface area contributed by atoms with E-state index in [0.717, 1.165) is 36.4 Å². The number of hydrogen-bond acceptors (Lipinski definition) is 3. The van der Waals surface area contributed by atoms with Crippen LogP contribution in [0, 0.1) is 6.92 Å². The topological polar surface area (TPSA) is 47.3 Å². The van der Waals surface area contributed by atoms with Gasteiger partial charge >= 0.3 is 0 Å². The van der Waals surface area contributed by atoms with E-state index in [9.17, 15) is 0 Å². The van der Waals surface area contributed by atoms with E-state index in [4.69, 9.17) is 10.5 Å². The molecule has 2 rings (SSSR count). The Morgan fingerprint density at radius 3 is 2.82 bits per heavy atom. The molecule has 1 unspecified atom stereocenters. The van der Waals surface area contributed by atoms with Crippen molar-refractivity contribution in [3.05, 3.63) is 23.8 Å². The average molecular weight is 234 g/mol. The first-order valence-electron chi connectivity index (χ1n) is 6.23. The van der Waals surface area contributed by atoms with Crippen LogP contribution in [0.5, 0.6) is 0 Å². The van der Waals surface area contributed by atoms with Gasteiger partial charge in [-0.2, -0.15) is 0 Å². The number of nitrogen functional groups attached to an aromatic ring is 1. The van der Waals surface area contributed by atoms with Crippen LogP contribution >= 0.6 is 0 Å². The van der Waals surface area contributed by atoms with Crippen molar-refractivity contribution in [1.82, 2.24) is 0 Å². The Morgan fingerprint density at radius 2 is 2.18 bits per heavy atom. The molecule has 3 nitrogen and oxygen atoms in total. The summed E-state index contributed by atoms with van der Waals surface area (Å²) in [7, 11) is 0. The average Bonchev–Trinajstić information content (AvgIpc) is 2.22. The summed E-state index contributed by atoms with van der Waals surface area (Å²) < 4.78 is 5.71. The number of rotatable bonds is 2. The van der Waals surface area contributed by atoms with Gasteiger partial charge in [-0.15, -0.1) is 0 Å². The molecule has 0 radical (unpaired) electrons. The normalized spacial score (nSPS) is 23.4. The fourth-order valence-corrected chi connectivity index (χ4v) is 2.32. The largest absolute Gasteiger partial charge is 0.398 e. The lowest BCUT2D eigenvalue weighted by molar-refractivity contribution is -0.0553. The van der Waals surface area contributed by atoms with Crippen molar-refractivity contribution in [1.29, 1.82) is 0 Å². The zero-order valence-corrected chi connectivity index (χ0v) is 10.9. The number of nitrogens with two attached hydrogens (primary N) is 1. The number of anilines is 2. The van der Waals surface area contributed by atoms with Crippen LogP contribution in [-0.4, -0.2) is 18.2 Å². The predicted octanol–water partition coefficient (Wildman–Crippen LogP) is 2.95. The summed E-state index contributed by atoms with van der Waals surface area (Å²) in [6, 6.07) is 6.63. The van der Waals surface area contributed by atoms with Gasteiger partial charge in [-0.1, -0.05) is 6.07 Å². The van der Waals surface area contributed by atoms with Crippen LogP contribution in [0.15, 0.2) is 18.2 Å². The maximum absolute atomic E-state index is 5.91. The summed E-state index contributed by atoms with van der Waals surface area (Å²) in [5.74, 6) is 0. The highest BCUT2D eigenvalue weighted by atomic mass is 16.5. The van der Waals surface area contributed by atoms with Crippen molar-refractivity contribution in [3.63, 3.8) is 0 Å². The zero-order chi connectivity index (χ0) is 12.5. The number of nitrogens with one attached hydrogen (secondary N) is 1. The molecule has 1 aliphatic heterocycles. The molecule has 94 valence electrons. The number of aryl methyl sites for hydroxylation is 1. The van der Waals surface area contributed by atoms with Crippen LogP contribution in [-0.2, 0) is 4.74 Å². The highest BCUT2D eigenvalue weighted by Crippen LogP contribution is 2.27. The van der Waals surface area contributed by atoms with Crippen molar-refractivity contribution in [3.8, 4) is 0 Å². The van der Waals surface area contributed by atoms with E-state index in [1.807, 2.05) is 13.0 Å². The first kappa shape index (κ1) is 12.2. The smallest absolute Gasteiger partial charge is 0.0646 e. The summed E-state index contributed by atoms with van der Waals surface area (Å²) in [5.41, 5.74) is 8.98. The SMILES string of the molecule is Cc1ccc(NC2CCOC(C)(C)C2)cc1N. The number of ether oxygens (including phenoxy) is 1. The van der Waals surface area contributed by atoms with Gasteiger partial charge in [0, 0.05) is 24.0 Å². The van der Waals surface area contributed by atoms with E-state index in [-0.39, 0.29) is 5.60 Å². The molecule has 1 aromatic rings. The second-order valence-corrected chi connectivity index (χ2v) is 5.51. The third-order valence-electron chi connectivity index (χ3n) is 3.35. The Kier molecular flexibility index (Phi) is 3.29. The third-order valence-corrected chi connectivity index (χ3v) is 3.35. The van der Waals surface area contributed by atoms with Gasteiger partial charge in [-0.3, -0.25) is 0 Å². The molecule has 0 aromatic heterocycles. The van der Waals surface area contributed by atoms with E-state index >= 15 is 0 Å². The lowest BCUT2D eigenvalue weighted by Crippen LogP contribution is -2.40. The molecule has 1 aliphatic rings. The first-order chi connectivity index (χ1) is 7.96. The van der Waals surface area contributed by atoms with Crippen LogP contribution in [0.25, 0.3) is 0 Å². The Balaban J connectivity index is 2.03. The van der Waals surface area contributed by atoms with Gasteiger partial charge in [0.2, 0.25) is 0 Å². The molecular formula is C14H22N2O. The van der Waals surface area contributed by atoms with Crippen molar-refractivity contribution in [2.45, 2.75) is 45.3 Å². The second-order valence-electron chi connectivity index (χ2n) is 5.51. The van der Waals surface area contributed by atoms with Crippen LogP contribution in [0.2, 0.25) is 0 Å². The maximum Gasteiger partial charge on any atom is 0.0646 e. The molecule has 0 spiro atoms. The molecule has 3 N–H and O–H groups in total. The van der Waals surface area contributed by atoms with Gasteiger partial charge in [0.15, 0.2) is 0 Å². The first-order valence-corrected chi connectivity index (χ1v) is 6.23. The van der Waals surface area contributed by atoms with E-state index < -0.39 is 0 Å². The van der Waals surface area contributed by atoms with Gasteiger partial charge < -0.3 is 15.8 Å². The van der Waals surface area contributed by atoms with Crippen LogP contribution in [0.4, 0.5) is 11.4 Å². The lowest BCUT2D eigenvalue weighted by atomic mass is 9.94. The molecule has 1 atom stereocenters. The van der Waals surface area contributed by atoms with Crippen LogP contribution in [0.1, 0.15) is 32.3 Å². The van der Waals surface area contributed by atoms with Crippen molar-refractivity contribution >= 4 is 11.4 Å². The van der Waals surface area contributed by atoms with Crippen LogP contribution < -0.4 is 11.1 Å². The molecule has 1 heterocycles. The molecule has 0 amide bonds. The molecule has 3 heteroatoms. The molecule has 1 fully saturated rings. The highest BCUT2D eigenvalue weighted by molar-refractivity contribution is 5.58. The molecular weight excluding hydrogens is 212 g/mol. The summed E-state index contributed by atoms with van der Waals surface area (Å²) in [5, 5.41) is 3.54. The molecule has 0 aliphatic carbocycles. The molecule has 0 saturated carbocycles. The highest BCUT2D eigenvalue weighted by Gasteiger charge is 2.28. The van der Waals surface area contributed by atoms with Crippen molar-refractivity contribution < 1.29 is 4.74 Å². The Hall–Kier alpha value is -1.22. The maximum atomic E-state index is 5.91. The van der Waals surface area contributed by atoms with E-state index in [2.05, 4.69) is 31.3 Å². The molecule has 1 saturated heterocycles. The predicted molar refractivity (Wildman–Crippen MR) is 72.3 cm³/mol. The summed E-state index contributed by atoms with van der Waals surface area (Å²) >= 11 is 0. The Bertz CT molecular complexity index is 401. The van der Waals surface area contributed by atoms with Crippen LogP contribution in [0.3, 0.4) is 0 Å². The minimum atomic E-state index is -0.0217. The Morgan fingerprint density at radius 1 is 1.41 bits per heavy atom. The van der Waals surface area contributed by atoms with Gasteiger partial charge in [0.1, 0.15) is 0 Å². The minimum absolute atomic E-state index is 0.0217. The van der Waals surface area contributed by atoms with E-state index in [1.54, 1.807) is 0 Å². The Labute approximate surface area is 103 Å². The third kappa shape index (κ3) is 3.13. The van der Waals surface area contributed by atoms with Gasteiger partial charge in [-0.05, 0) is 51.3 Å². The minimum Gasteiger partial charge on any atom is -0.398 e. The van der Waals surface area contributed by atoms with Gasteiger partial charge in [0.25, 0.3) is 0 Å². The number of benzene rings is 1. The van der Waals surface area contributed by atoms with Crippen molar-refractivity contribution in [2.75, 3.05) is 17.7 Å². The van der Waals surface area contributed by atoms with E-state index in [1.165, 1.54) is 0 Å². The zero-order valence-electron chi connectivity index (χ0n) is 10.9. The quantitative estimate of drug-likeness (QED) is 0.773. The van der Waals surface area contributed by atoms with Gasteiger partial charge in [-0.25, -0.2) is 0 Å². The van der Waals surface area contributed by atoms with Crippen molar-refractivity contribution in [2.24, 2.45) is 0 Å². The fourth-order valence-electron chi connectivity index (χ4n) is 2.32. The second kappa shape index (κ2) is 4.57. The lowest BCUT2D eigenvalue weighted by Gasteiger charge is -2.36. The molecule has 1 aromatic carbocycles. The fraction of sp³-hybridized carbons (Fsp3) is 0.571. The monoisotopic (exact) mass is 234 g/mol. The van der Waals surface area contributed by atoms with E-state index in [0.29, 0.717) is 6.04 Å². The van der Waals surface area contributed by atoms with Gasteiger partial charge in [0.05, 0.1) is 5.60 Å². The number of hydrogen-bond donors (Lipinski definition) is 2. The summed E-state index contributed by atoms with van der Waals surface area (Å²) in [6.07, 6.45) is 2.08. The standard InChI is InChI=1S/C14H22N2O/c1-10-4-5-11(8-13(10)15)16-12-6-7-17-14(2,3)9-12/h4-5,8,12,16H,6-7,9,15H2,1-3H3. The summed E-state index contributed by atoms with van der Waals surface area (Å²) in [4.78, 5) is 0. The summed E-state index contributed by atoms with van der Waals surface area (Å²) in [6.45, 7) is 7.14. The molecule has 0 bridgehead atoms. The molecule has 17 heavy (non-hydrogen) atoms.